The molecule has 1 amide bonds. The standard InChI is InChI=1S/C28H37N7O4/c1-17(2)12-14-34-23-24(31-27(34)33-13-8-9-19(29)15-33)32(5)28(39)35(26(23)38)16-22(36)20-10-6-7-11-21(20)30-25(37)18(3)4/h6-7,10-12,18-19H,8-9,13-16,29H2,1-5H3,(H,30,37). The van der Waals surface area contributed by atoms with Crippen molar-refractivity contribution in [1.82, 2.24) is 18.7 Å². The summed E-state index contributed by atoms with van der Waals surface area (Å²) in [5.41, 5.74) is 7.14. The lowest BCUT2D eigenvalue weighted by Crippen LogP contribution is -2.44. The fraction of sp³-hybridized carbons (Fsp3) is 0.464. The van der Waals surface area contributed by atoms with Crippen LogP contribution in [-0.2, 0) is 24.9 Å². The fourth-order valence-corrected chi connectivity index (χ4v) is 4.72. The van der Waals surface area contributed by atoms with Crippen LogP contribution in [0.25, 0.3) is 11.2 Å². The van der Waals surface area contributed by atoms with Crippen LogP contribution >= 0.6 is 0 Å². The Balaban J connectivity index is 1.82. The summed E-state index contributed by atoms with van der Waals surface area (Å²) >= 11 is 0. The first kappa shape index (κ1) is 28.0. The van der Waals surface area contributed by atoms with E-state index in [-0.39, 0.29) is 34.6 Å². The molecular weight excluding hydrogens is 498 g/mol. The van der Waals surface area contributed by atoms with Crippen molar-refractivity contribution in [1.29, 1.82) is 0 Å². The summed E-state index contributed by atoms with van der Waals surface area (Å²) in [4.78, 5) is 59.7. The van der Waals surface area contributed by atoms with Crippen molar-refractivity contribution in [2.45, 2.75) is 59.7 Å². The van der Waals surface area contributed by atoms with Gasteiger partial charge in [0.1, 0.15) is 0 Å². The number of hydrogen-bond donors (Lipinski definition) is 2. The van der Waals surface area contributed by atoms with Gasteiger partial charge in [-0.15, -0.1) is 0 Å². The average molecular weight is 536 g/mol. The molecule has 1 unspecified atom stereocenters. The Labute approximate surface area is 226 Å². The minimum atomic E-state index is -0.640. The van der Waals surface area contributed by atoms with Gasteiger partial charge in [-0.3, -0.25) is 23.5 Å². The predicted octanol–water partition coefficient (Wildman–Crippen LogP) is 2.27. The summed E-state index contributed by atoms with van der Waals surface area (Å²) in [7, 11) is 1.55. The maximum absolute atomic E-state index is 13.8. The van der Waals surface area contributed by atoms with E-state index in [1.54, 1.807) is 49.7 Å². The van der Waals surface area contributed by atoms with E-state index in [0.717, 1.165) is 29.5 Å². The van der Waals surface area contributed by atoms with Gasteiger partial charge in [-0.25, -0.2) is 4.79 Å². The SMILES string of the molecule is CC(C)=CCn1c(N2CCCC(N)C2)nc2c1c(=O)n(CC(=O)c1ccccc1NC(=O)C(C)C)c(=O)n2C. The van der Waals surface area contributed by atoms with Crippen LogP contribution in [0.4, 0.5) is 11.6 Å². The van der Waals surface area contributed by atoms with Crippen LogP contribution in [0.15, 0.2) is 45.5 Å². The van der Waals surface area contributed by atoms with Gasteiger partial charge in [-0.1, -0.05) is 37.6 Å². The van der Waals surface area contributed by atoms with Crippen molar-refractivity contribution in [3.8, 4) is 0 Å². The van der Waals surface area contributed by atoms with Crippen LogP contribution < -0.4 is 27.2 Å². The van der Waals surface area contributed by atoms with Crippen LogP contribution in [0, 0.1) is 5.92 Å². The number of nitrogens with two attached hydrogens (primary N) is 1. The topological polar surface area (TPSA) is 137 Å². The second-order valence-electron chi connectivity index (χ2n) is 10.7. The smallest absolute Gasteiger partial charge is 0.332 e. The largest absolute Gasteiger partial charge is 0.341 e. The summed E-state index contributed by atoms with van der Waals surface area (Å²) in [6, 6.07) is 6.57. The summed E-state index contributed by atoms with van der Waals surface area (Å²) in [5, 5.41) is 2.76. The lowest BCUT2D eigenvalue weighted by molar-refractivity contribution is -0.118. The third-order valence-electron chi connectivity index (χ3n) is 6.95. The molecule has 0 bridgehead atoms. The van der Waals surface area contributed by atoms with Crippen LogP contribution in [0.2, 0.25) is 0 Å². The van der Waals surface area contributed by atoms with Gasteiger partial charge in [0, 0.05) is 44.2 Å². The number of piperidine rings is 1. The van der Waals surface area contributed by atoms with Gasteiger partial charge in [0.05, 0.1) is 12.2 Å². The highest BCUT2D eigenvalue weighted by Gasteiger charge is 2.27. The third-order valence-corrected chi connectivity index (χ3v) is 6.95. The number of benzene rings is 1. The molecule has 3 N–H and O–H groups in total. The second-order valence-corrected chi connectivity index (χ2v) is 10.7. The summed E-state index contributed by atoms with van der Waals surface area (Å²) in [6.07, 6.45) is 3.80. The number of imidazole rings is 1. The number of hydrogen-bond acceptors (Lipinski definition) is 7. The molecule has 1 aromatic carbocycles. The van der Waals surface area contributed by atoms with E-state index in [1.165, 1.54) is 4.57 Å². The monoisotopic (exact) mass is 535 g/mol. The van der Waals surface area contributed by atoms with Gasteiger partial charge in [0.15, 0.2) is 16.9 Å². The maximum atomic E-state index is 13.8. The van der Waals surface area contributed by atoms with Gasteiger partial charge >= 0.3 is 5.69 Å². The Morgan fingerprint density at radius 2 is 1.90 bits per heavy atom. The van der Waals surface area contributed by atoms with Crippen molar-refractivity contribution in [2.75, 3.05) is 23.3 Å². The number of anilines is 2. The molecule has 11 heteroatoms. The first-order valence-electron chi connectivity index (χ1n) is 13.3. The number of carbonyl (C=O) groups excluding carboxylic acids is 2. The minimum Gasteiger partial charge on any atom is -0.341 e. The molecule has 0 saturated carbocycles. The van der Waals surface area contributed by atoms with E-state index in [2.05, 4.69) is 10.2 Å². The normalized spacial score (nSPS) is 15.6. The van der Waals surface area contributed by atoms with E-state index in [9.17, 15) is 19.2 Å². The molecule has 3 heterocycles. The molecule has 0 spiro atoms. The Kier molecular flexibility index (Phi) is 8.19. The Hall–Kier alpha value is -3.99. The highest BCUT2D eigenvalue weighted by molar-refractivity contribution is 6.05. The molecule has 39 heavy (non-hydrogen) atoms. The summed E-state index contributed by atoms with van der Waals surface area (Å²) in [5.74, 6) is -0.408. The number of ketones is 1. The van der Waals surface area contributed by atoms with Crippen molar-refractivity contribution in [3.63, 3.8) is 0 Å². The third kappa shape index (κ3) is 5.73. The number of carbonyl (C=O) groups is 2. The number of allylic oxidation sites excluding steroid dienone is 2. The number of para-hydroxylation sites is 1. The first-order chi connectivity index (χ1) is 18.5. The van der Waals surface area contributed by atoms with Crippen LogP contribution in [-0.4, -0.2) is 49.5 Å². The number of fused-ring (bicyclic) bond motifs is 1. The van der Waals surface area contributed by atoms with E-state index >= 15 is 0 Å². The predicted molar refractivity (Wildman–Crippen MR) is 152 cm³/mol. The molecule has 1 atom stereocenters. The molecule has 11 nitrogen and oxygen atoms in total. The van der Waals surface area contributed by atoms with E-state index in [1.807, 2.05) is 19.9 Å². The molecule has 1 saturated heterocycles. The molecular formula is C28H37N7O4. The zero-order valence-electron chi connectivity index (χ0n) is 23.2. The van der Waals surface area contributed by atoms with Crippen molar-refractivity contribution in [3.05, 3.63) is 62.3 Å². The number of nitrogens with one attached hydrogen (secondary N) is 1. The second kappa shape index (κ2) is 11.4. The fourth-order valence-electron chi connectivity index (χ4n) is 4.72. The van der Waals surface area contributed by atoms with Crippen LogP contribution in [0.5, 0.6) is 0 Å². The van der Waals surface area contributed by atoms with Crippen molar-refractivity contribution >= 4 is 34.5 Å². The molecule has 2 aromatic heterocycles. The first-order valence-corrected chi connectivity index (χ1v) is 13.3. The van der Waals surface area contributed by atoms with Crippen LogP contribution in [0.1, 0.15) is 50.9 Å². The zero-order chi connectivity index (χ0) is 28.4. The lowest BCUT2D eigenvalue weighted by Gasteiger charge is -2.31. The van der Waals surface area contributed by atoms with E-state index < -0.39 is 23.6 Å². The van der Waals surface area contributed by atoms with Crippen molar-refractivity contribution in [2.24, 2.45) is 18.7 Å². The molecule has 0 radical (unpaired) electrons. The quantitative estimate of drug-likeness (QED) is 0.333. The molecule has 4 rings (SSSR count). The highest BCUT2D eigenvalue weighted by Crippen LogP contribution is 2.23. The number of rotatable bonds is 8. The number of nitrogens with zero attached hydrogens (tertiary/aromatic N) is 5. The van der Waals surface area contributed by atoms with Gasteiger partial charge in [-0.2, -0.15) is 4.98 Å². The van der Waals surface area contributed by atoms with Gasteiger partial charge in [0.25, 0.3) is 5.56 Å². The number of aromatic nitrogens is 4. The van der Waals surface area contributed by atoms with Gasteiger partial charge in [-0.05, 0) is 38.8 Å². The molecule has 208 valence electrons. The number of Topliss-reactive ketones (excluding diaryl/α,β-unsaturated/α-hetero) is 1. The minimum absolute atomic E-state index is 0.00943. The lowest BCUT2D eigenvalue weighted by atomic mass is 10.1. The Morgan fingerprint density at radius 1 is 1.18 bits per heavy atom. The summed E-state index contributed by atoms with van der Waals surface area (Å²) < 4.78 is 4.06. The number of amides is 1. The average Bonchev–Trinajstić information content (AvgIpc) is 3.28. The Morgan fingerprint density at radius 3 is 2.56 bits per heavy atom. The highest BCUT2D eigenvalue weighted by atomic mass is 16.2. The molecule has 3 aromatic rings. The van der Waals surface area contributed by atoms with Crippen molar-refractivity contribution < 1.29 is 9.59 Å². The molecule has 0 aliphatic carbocycles. The van der Waals surface area contributed by atoms with Gasteiger partial charge in [0.2, 0.25) is 11.9 Å². The van der Waals surface area contributed by atoms with E-state index in [4.69, 9.17) is 10.7 Å². The Bertz CT molecular complexity index is 1560. The van der Waals surface area contributed by atoms with E-state index in [0.29, 0.717) is 24.7 Å². The number of aryl methyl sites for hydroxylation is 1. The maximum Gasteiger partial charge on any atom is 0.332 e. The summed E-state index contributed by atoms with van der Waals surface area (Å²) in [6.45, 7) is 8.68. The zero-order valence-corrected chi connectivity index (χ0v) is 23.2. The molecule has 1 aliphatic heterocycles. The molecule has 1 fully saturated rings. The van der Waals surface area contributed by atoms with Gasteiger partial charge < -0.3 is 20.5 Å². The molecule has 1 aliphatic rings. The van der Waals surface area contributed by atoms with Crippen LogP contribution in [0.3, 0.4) is 0 Å².